The minimum atomic E-state index is -0.480. The van der Waals surface area contributed by atoms with Gasteiger partial charge in [0.25, 0.3) is 0 Å². The van der Waals surface area contributed by atoms with E-state index in [1.807, 2.05) is 0 Å². The van der Waals surface area contributed by atoms with Gasteiger partial charge in [0, 0.05) is 11.1 Å². The Balaban J connectivity index is 2.16. The second kappa shape index (κ2) is 5.45. The third-order valence-electron chi connectivity index (χ3n) is 2.01. The number of nitrogens with one attached hydrogen (secondary N) is 1. The molecule has 90 valence electrons. The normalized spacial score (nSPS) is 10.6. The Hall–Kier alpha value is -0.470. The molecule has 2 rings (SSSR count). The monoisotopic (exact) mass is 386 g/mol. The topological polar surface area (TPSA) is 24.9 Å². The second-order valence-corrected chi connectivity index (χ2v) is 5.93. The van der Waals surface area contributed by atoms with Crippen molar-refractivity contribution in [2.24, 2.45) is 0 Å². The summed E-state index contributed by atoms with van der Waals surface area (Å²) in [5, 5.41) is 2.84. The number of hydrogen-bond acceptors (Lipinski definition) is 3. The molecule has 0 amide bonds. The molecule has 2 aromatic rings. The van der Waals surface area contributed by atoms with Crippen LogP contribution in [0.1, 0.15) is 4.88 Å². The summed E-state index contributed by atoms with van der Waals surface area (Å²) < 4.78 is 27.4. The molecular weight excluding hydrogens is 381 g/mol. The van der Waals surface area contributed by atoms with Crippen molar-refractivity contribution in [3.8, 4) is 0 Å². The van der Waals surface area contributed by atoms with E-state index >= 15 is 0 Å². The maximum Gasteiger partial charge on any atom is 0.183 e. The Morgan fingerprint density at radius 2 is 2.06 bits per heavy atom. The Labute approximate surface area is 119 Å². The SMILES string of the molecule is Fc1ccc(F)c(NCc2cnc(Cl)s2)c1I. The summed E-state index contributed by atoms with van der Waals surface area (Å²) in [6, 6.07) is 2.20. The van der Waals surface area contributed by atoms with Gasteiger partial charge in [-0.2, -0.15) is 0 Å². The van der Waals surface area contributed by atoms with E-state index in [9.17, 15) is 8.78 Å². The molecule has 0 spiro atoms. The van der Waals surface area contributed by atoms with E-state index in [2.05, 4.69) is 10.3 Å². The van der Waals surface area contributed by atoms with E-state index in [4.69, 9.17) is 11.6 Å². The maximum absolute atomic E-state index is 13.5. The predicted molar refractivity (Wildman–Crippen MR) is 73.5 cm³/mol. The summed E-state index contributed by atoms with van der Waals surface area (Å²) in [5.74, 6) is -0.928. The molecule has 0 unspecified atom stereocenters. The highest BCUT2D eigenvalue weighted by atomic mass is 127. The van der Waals surface area contributed by atoms with Gasteiger partial charge in [0.1, 0.15) is 11.6 Å². The van der Waals surface area contributed by atoms with E-state index in [-0.39, 0.29) is 9.26 Å². The van der Waals surface area contributed by atoms with E-state index in [0.29, 0.717) is 11.0 Å². The minimum Gasteiger partial charge on any atom is -0.377 e. The summed E-state index contributed by atoms with van der Waals surface area (Å²) in [6.45, 7) is 0.362. The van der Waals surface area contributed by atoms with E-state index in [0.717, 1.165) is 17.0 Å². The van der Waals surface area contributed by atoms with Gasteiger partial charge in [-0.1, -0.05) is 11.6 Å². The van der Waals surface area contributed by atoms with Gasteiger partial charge in [-0.15, -0.1) is 11.3 Å². The fourth-order valence-electron chi connectivity index (χ4n) is 1.23. The van der Waals surface area contributed by atoms with Crippen LogP contribution in [0.3, 0.4) is 0 Å². The van der Waals surface area contributed by atoms with Crippen LogP contribution in [0.25, 0.3) is 0 Å². The predicted octanol–water partition coefficient (Wildman–Crippen LogP) is 4.29. The molecule has 0 bridgehead atoms. The van der Waals surface area contributed by atoms with Crippen LogP contribution < -0.4 is 5.32 Å². The lowest BCUT2D eigenvalue weighted by Gasteiger charge is -2.08. The zero-order valence-corrected chi connectivity index (χ0v) is 12.0. The number of thiazole rings is 1. The zero-order chi connectivity index (χ0) is 12.4. The fourth-order valence-corrected chi connectivity index (χ4v) is 2.78. The molecule has 0 fully saturated rings. The van der Waals surface area contributed by atoms with Crippen molar-refractivity contribution in [3.05, 3.63) is 42.9 Å². The lowest BCUT2D eigenvalue weighted by molar-refractivity contribution is 0.596. The first-order valence-corrected chi connectivity index (χ1v) is 6.83. The molecule has 0 atom stereocenters. The van der Waals surface area contributed by atoms with Crippen molar-refractivity contribution >= 4 is 51.2 Å². The smallest absolute Gasteiger partial charge is 0.183 e. The van der Waals surface area contributed by atoms with Crippen LogP contribution in [0.15, 0.2) is 18.3 Å². The average Bonchev–Trinajstić information content (AvgIpc) is 2.70. The first-order chi connectivity index (χ1) is 8.08. The summed E-state index contributed by atoms with van der Waals surface area (Å²) in [6.07, 6.45) is 1.60. The van der Waals surface area contributed by atoms with Gasteiger partial charge in [0.2, 0.25) is 0 Å². The molecule has 0 radical (unpaired) electrons. The highest BCUT2D eigenvalue weighted by molar-refractivity contribution is 14.1. The van der Waals surface area contributed by atoms with Gasteiger partial charge < -0.3 is 5.32 Å². The van der Waals surface area contributed by atoms with Crippen molar-refractivity contribution in [1.29, 1.82) is 0 Å². The molecule has 17 heavy (non-hydrogen) atoms. The van der Waals surface area contributed by atoms with E-state index < -0.39 is 11.6 Å². The molecule has 2 nitrogen and oxygen atoms in total. The van der Waals surface area contributed by atoms with Crippen LogP contribution in [0, 0.1) is 15.2 Å². The fraction of sp³-hybridized carbons (Fsp3) is 0.100. The number of halogens is 4. The number of anilines is 1. The molecule has 0 saturated carbocycles. The van der Waals surface area contributed by atoms with E-state index in [1.54, 1.807) is 28.8 Å². The summed E-state index contributed by atoms with van der Waals surface area (Å²) in [7, 11) is 0. The molecule has 0 aliphatic rings. The van der Waals surface area contributed by atoms with Gasteiger partial charge in [-0.3, -0.25) is 0 Å². The minimum absolute atomic E-state index is 0.162. The van der Waals surface area contributed by atoms with Gasteiger partial charge in [0.15, 0.2) is 4.47 Å². The second-order valence-electron chi connectivity index (χ2n) is 3.15. The van der Waals surface area contributed by atoms with Crippen molar-refractivity contribution < 1.29 is 8.78 Å². The molecule has 0 saturated heterocycles. The molecule has 1 heterocycles. The van der Waals surface area contributed by atoms with Crippen LogP contribution in [0.2, 0.25) is 4.47 Å². The summed E-state index contributed by atoms with van der Waals surface area (Å²) >= 11 is 8.73. The third kappa shape index (κ3) is 3.05. The van der Waals surface area contributed by atoms with Crippen LogP contribution in [-0.4, -0.2) is 4.98 Å². The number of nitrogens with zero attached hydrogens (tertiary/aromatic N) is 1. The number of rotatable bonds is 3. The van der Waals surface area contributed by atoms with Crippen LogP contribution in [0.4, 0.5) is 14.5 Å². The Bertz CT molecular complexity index is 547. The van der Waals surface area contributed by atoms with Crippen molar-refractivity contribution in [2.45, 2.75) is 6.54 Å². The first kappa shape index (κ1) is 13.0. The summed E-state index contributed by atoms with van der Waals surface area (Å²) in [5.41, 5.74) is 0.162. The molecule has 1 aromatic heterocycles. The molecule has 1 N–H and O–H groups in total. The lowest BCUT2D eigenvalue weighted by atomic mass is 10.3. The van der Waals surface area contributed by atoms with Gasteiger partial charge in [-0.25, -0.2) is 13.8 Å². The van der Waals surface area contributed by atoms with Crippen molar-refractivity contribution in [1.82, 2.24) is 4.98 Å². The van der Waals surface area contributed by atoms with Crippen molar-refractivity contribution in [3.63, 3.8) is 0 Å². The molecule has 0 aliphatic heterocycles. The number of hydrogen-bond donors (Lipinski definition) is 1. The number of aromatic nitrogens is 1. The van der Waals surface area contributed by atoms with Crippen molar-refractivity contribution in [2.75, 3.05) is 5.32 Å². The highest BCUT2D eigenvalue weighted by Crippen LogP contribution is 2.26. The molecule has 1 aromatic carbocycles. The quantitative estimate of drug-likeness (QED) is 0.629. The van der Waals surface area contributed by atoms with E-state index in [1.165, 1.54) is 11.3 Å². The first-order valence-electron chi connectivity index (χ1n) is 4.55. The molecule has 0 aliphatic carbocycles. The van der Waals surface area contributed by atoms with Gasteiger partial charge in [-0.05, 0) is 34.7 Å². The van der Waals surface area contributed by atoms with Gasteiger partial charge in [0.05, 0.1) is 15.8 Å². The molecule has 7 heteroatoms. The standard InChI is InChI=1S/C10H6ClF2IN2S/c11-10-16-4-5(17-10)3-15-9-7(13)2-1-6(12)8(9)14/h1-2,4,15H,3H2. The lowest BCUT2D eigenvalue weighted by Crippen LogP contribution is -2.03. The average molecular weight is 387 g/mol. The maximum atomic E-state index is 13.5. The van der Waals surface area contributed by atoms with Gasteiger partial charge >= 0.3 is 0 Å². The summed E-state index contributed by atoms with van der Waals surface area (Å²) in [4.78, 5) is 4.72. The largest absolute Gasteiger partial charge is 0.377 e. The number of benzene rings is 1. The van der Waals surface area contributed by atoms with Crippen LogP contribution in [0.5, 0.6) is 0 Å². The Morgan fingerprint density at radius 1 is 1.35 bits per heavy atom. The molecular formula is C10H6ClF2IN2S. The van der Waals surface area contributed by atoms with Crippen LogP contribution in [-0.2, 0) is 6.54 Å². The third-order valence-corrected chi connectivity index (χ3v) is 4.18. The Morgan fingerprint density at radius 3 is 2.71 bits per heavy atom. The highest BCUT2D eigenvalue weighted by Gasteiger charge is 2.11. The van der Waals surface area contributed by atoms with Crippen LogP contribution >= 0.6 is 45.5 Å². The Kier molecular flexibility index (Phi) is 4.16. The zero-order valence-electron chi connectivity index (χ0n) is 8.31.